The molecule has 0 saturated heterocycles. The van der Waals surface area contributed by atoms with E-state index in [1.165, 1.54) is 0 Å². The zero-order chi connectivity index (χ0) is 18.0. The summed E-state index contributed by atoms with van der Waals surface area (Å²) in [6.07, 6.45) is 0.105. The average molecular weight is 339 g/mol. The van der Waals surface area contributed by atoms with Crippen molar-refractivity contribution in [2.75, 3.05) is 14.2 Å². The summed E-state index contributed by atoms with van der Waals surface area (Å²) in [7, 11) is 3.18. The molecule has 0 spiro atoms. The number of benzene rings is 2. The molecule has 0 saturated carbocycles. The predicted octanol–water partition coefficient (Wildman–Crippen LogP) is 4.00. The number of fused-ring (bicyclic) bond motifs is 1. The molecule has 0 fully saturated rings. The summed E-state index contributed by atoms with van der Waals surface area (Å²) in [6.45, 7) is 3.95. The molecule has 0 aliphatic heterocycles. The molecule has 25 heavy (non-hydrogen) atoms. The molecule has 0 radical (unpaired) electrons. The molecular formula is C20H21NO4. The van der Waals surface area contributed by atoms with Crippen LogP contribution in [0, 0.1) is 0 Å². The number of hydrogen-bond donors (Lipinski definition) is 1. The smallest absolute Gasteiger partial charge is 0.256 e. The van der Waals surface area contributed by atoms with E-state index in [1.54, 1.807) is 26.4 Å². The molecule has 3 rings (SSSR count). The van der Waals surface area contributed by atoms with Gasteiger partial charge in [0, 0.05) is 10.9 Å². The van der Waals surface area contributed by atoms with Crippen LogP contribution in [-0.2, 0) is 0 Å². The van der Waals surface area contributed by atoms with Crippen molar-refractivity contribution in [3.05, 3.63) is 52.8 Å². The van der Waals surface area contributed by atoms with Crippen molar-refractivity contribution >= 4 is 10.8 Å². The maximum Gasteiger partial charge on any atom is 0.256 e. The minimum atomic E-state index is -0.170. The highest BCUT2D eigenvalue weighted by Gasteiger charge is 2.15. The van der Waals surface area contributed by atoms with Gasteiger partial charge in [-0.15, -0.1) is 0 Å². The lowest BCUT2D eigenvalue weighted by Crippen LogP contribution is -2.09. The molecule has 0 amide bonds. The quantitative estimate of drug-likeness (QED) is 0.763. The molecule has 1 heterocycles. The molecular weight excluding hydrogens is 318 g/mol. The number of hydrogen-bond acceptors (Lipinski definition) is 4. The number of pyridine rings is 1. The summed E-state index contributed by atoms with van der Waals surface area (Å²) in [5.74, 6) is 2.05. The Kier molecular flexibility index (Phi) is 4.65. The maximum atomic E-state index is 12.5. The van der Waals surface area contributed by atoms with E-state index in [0.29, 0.717) is 28.0 Å². The second kappa shape index (κ2) is 6.89. The van der Waals surface area contributed by atoms with Gasteiger partial charge in [0.05, 0.1) is 31.4 Å². The highest BCUT2D eigenvalue weighted by molar-refractivity contribution is 5.93. The minimum Gasteiger partial charge on any atom is -0.497 e. The lowest BCUT2D eigenvalue weighted by Gasteiger charge is -2.14. The Bertz CT molecular complexity index is 942. The van der Waals surface area contributed by atoms with E-state index in [2.05, 4.69) is 4.98 Å². The molecule has 0 aliphatic rings. The second-order valence-electron chi connectivity index (χ2n) is 5.96. The molecule has 5 heteroatoms. The van der Waals surface area contributed by atoms with Gasteiger partial charge in [-0.1, -0.05) is 0 Å². The van der Waals surface area contributed by atoms with Gasteiger partial charge in [-0.3, -0.25) is 4.79 Å². The van der Waals surface area contributed by atoms with E-state index in [0.717, 1.165) is 11.3 Å². The highest BCUT2D eigenvalue weighted by Crippen LogP contribution is 2.35. The monoisotopic (exact) mass is 339 g/mol. The van der Waals surface area contributed by atoms with Crippen LogP contribution in [0.2, 0.25) is 0 Å². The van der Waals surface area contributed by atoms with E-state index < -0.39 is 0 Å². The van der Waals surface area contributed by atoms with Crippen molar-refractivity contribution in [1.82, 2.24) is 4.98 Å². The molecule has 1 aromatic heterocycles. The van der Waals surface area contributed by atoms with Crippen molar-refractivity contribution < 1.29 is 14.2 Å². The lowest BCUT2D eigenvalue weighted by molar-refractivity contribution is 0.242. The molecule has 130 valence electrons. The molecule has 0 atom stereocenters. The van der Waals surface area contributed by atoms with Crippen molar-refractivity contribution in [1.29, 1.82) is 0 Å². The van der Waals surface area contributed by atoms with Crippen LogP contribution in [0.25, 0.3) is 22.0 Å². The Morgan fingerprint density at radius 1 is 0.880 bits per heavy atom. The third-order valence-corrected chi connectivity index (χ3v) is 3.90. The first-order chi connectivity index (χ1) is 12.0. The fraction of sp³-hybridized carbons (Fsp3) is 0.250. The second-order valence-corrected chi connectivity index (χ2v) is 5.96. The molecule has 0 bridgehead atoms. The Hall–Kier alpha value is -2.95. The average Bonchev–Trinajstić information content (AvgIpc) is 2.61. The Balaban J connectivity index is 2.17. The van der Waals surface area contributed by atoms with E-state index in [-0.39, 0.29) is 11.7 Å². The zero-order valence-corrected chi connectivity index (χ0v) is 14.8. The summed E-state index contributed by atoms with van der Waals surface area (Å²) in [5.41, 5.74) is 1.30. The molecule has 0 unspecified atom stereocenters. The number of rotatable bonds is 5. The molecule has 1 N–H and O–H groups in total. The van der Waals surface area contributed by atoms with Crippen molar-refractivity contribution in [2.24, 2.45) is 0 Å². The number of H-pyrrole nitrogens is 1. The van der Waals surface area contributed by atoms with Crippen LogP contribution in [-0.4, -0.2) is 25.3 Å². The van der Waals surface area contributed by atoms with E-state index in [4.69, 9.17) is 14.2 Å². The number of methoxy groups -OCH3 is 2. The van der Waals surface area contributed by atoms with E-state index in [9.17, 15) is 4.79 Å². The first-order valence-electron chi connectivity index (χ1n) is 8.08. The van der Waals surface area contributed by atoms with Crippen LogP contribution >= 0.6 is 0 Å². The summed E-state index contributed by atoms with van der Waals surface area (Å²) >= 11 is 0. The van der Waals surface area contributed by atoms with Crippen LogP contribution in [0.3, 0.4) is 0 Å². The molecule has 3 aromatic rings. The van der Waals surface area contributed by atoms with Crippen molar-refractivity contribution in [3.63, 3.8) is 0 Å². The van der Waals surface area contributed by atoms with E-state index >= 15 is 0 Å². The number of aromatic amines is 1. The van der Waals surface area contributed by atoms with E-state index in [1.807, 2.05) is 44.2 Å². The molecule has 2 aromatic carbocycles. The van der Waals surface area contributed by atoms with Crippen LogP contribution in [0.5, 0.6) is 17.2 Å². The van der Waals surface area contributed by atoms with Gasteiger partial charge in [0.2, 0.25) is 0 Å². The Labute approximate surface area is 146 Å². The predicted molar refractivity (Wildman–Crippen MR) is 98.9 cm³/mol. The van der Waals surface area contributed by atoms with Gasteiger partial charge < -0.3 is 19.2 Å². The number of nitrogens with one attached hydrogen (secondary N) is 1. The summed E-state index contributed by atoms with van der Waals surface area (Å²) in [6, 6.07) is 12.9. The fourth-order valence-corrected chi connectivity index (χ4v) is 2.80. The van der Waals surface area contributed by atoms with Gasteiger partial charge in [-0.2, -0.15) is 0 Å². The summed E-state index contributed by atoms with van der Waals surface area (Å²) in [5, 5.41) is 1.27. The zero-order valence-electron chi connectivity index (χ0n) is 14.8. The van der Waals surface area contributed by atoms with Crippen LogP contribution in [0.1, 0.15) is 13.8 Å². The number of aromatic nitrogens is 1. The van der Waals surface area contributed by atoms with Gasteiger partial charge in [0.15, 0.2) is 5.75 Å². The van der Waals surface area contributed by atoms with Gasteiger partial charge in [0.25, 0.3) is 5.56 Å². The third-order valence-electron chi connectivity index (χ3n) is 3.90. The first kappa shape index (κ1) is 16.9. The summed E-state index contributed by atoms with van der Waals surface area (Å²) in [4.78, 5) is 15.4. The van der Waals surface area contributed by atoms with Crippen LogP contribution in [0.4, 0.5) is 0 Å². The Morgan fingerprint density at radius 2 is 1.56 bits per heavy atom. The molecule has 5 nitrogen and oxygen atoms in total. The first-order valence-corrected chi connectivity index (χ1v) is 8.08. The van der Waals surface area contributed by atoms with Gasteiger partial charge in [0.1, 0.15) is 11.5 Å². The van der Waals surface area contributed by atoms with Crippen LogP contribution in [0.15, 0.2) is 47.3 Å². The topological polar surface area (TPSA) is 60.6 Å². The standard InChI is InChI=1S/C20H21NO4/c1-12(2)25-14-7-5-13(6-8-14)18-19(24-4)17-11-15(23-3)9-10-16(17)20(22)21-18/h5-12H,1-4H3,(H,21,22). The van der Waals surface area contributed by atoms with Gasteiger partial charge in [-0.25, -0.2) is 0 Å². The normalized spacial score (nSPS) is 10.9. The van der Waals surface area contributed by atoms with Crippen molar-refractivity contribution in [2.45, 2.75) is 20.0 Å². The largest absolute Gasteiger partial charge is 0.497 e. The third kappa shape index (κ3) is 3.31. The maximum absolute atomic E-state index is 12.5. The molecule has 0 aliphatic carbocycles. The highest BCUT2D eigenvalue weighted by atomic mass is 16.5. The van der Waals surface area contributed by atoms with Gasteiger partial charge >= 0.3 is 0 Å². The number of ether oxygens (including phenoxy) is 3. The van der Waals surface area contributed by atoms with Crippen molar-refractivity contribution in [3.8, 4) is 28.5 Å². The summed E-state index contributed by atoms with van der Waals surface area (Å²) < 4.78 is 16.5. The van der Waals surface area contributed by atoms with Crippen LogP contribution < -0.4 is 19.8 Å². The van der Waals surface area contributed by atoms with Gasteiger partial charge in [-0.05, 0) is 56.3 Å². The lowest BCUT2D eigenvalue weighted by atomic mass is 10.1. The Morgan fingerprint density at radius 3 is 2.16 bits per heavy atom. The fourth-order valence-electron chi connectivity index (χ4n) is 2.80. The SMILES string of the molecule is COc1ccc2c(=O)[nH]c(-c3ccc(OC(C)C)cc3)c(OC)c2c1. The minimum absolute atomic E-state index is 0.105.